The van der Waals surface area contributed by atoms with Gasteiger partial charge in [0.15, 0.2) is 0 Å². The van der Waals surface area contributed by atoms with E-state index >= 15 is 0 Å². The zero-order valence-corrected chi connectivity index (χ0v) is 17.9. The van der Waals surface area contributed by atoms with Gasteiger partial charge in [-0.25, -0.2) is 4.39 Å². The number of hydrogen-bond donors (Lipinski definition) is 0. The van der Waals surface area contributed by atoms with Crippen LogP contribution in [0.15, 0.2) is 70.9 Å². The van der Waals surface area contributed by atoms with E-state index in [4.69, 9.17) is 16.3 Å². The van der Waals surface area contributed by atoms with Gasteiger partial charge in [0.05, 0.1) is 17.7 Å². The minimum absolute atomic E-state index is 0.308. The Morgan fingerprint density at radius 2 is 1.97 bits per heavy atom. The lowest BCUT2D eigenvalue weighted by Crippen LogP contribution is -2.13. The van der Waals surface area contributed by atoms with Gasteiger partial charge in [-0.2, -0.15) is 0 Å². The molecule has 0 unspecified atom stereocenters. The quantitative estimate of drug-likeness (QED) is 0.259. The van der Waals surface area contributed by atoms with Gasteiger partial charge >= 0.3 is 0 Å². The van der Waals surface area contributed by atoms with Gasteiger partial charge in [-0.05, 0) is 62.1 Å². The number of halogens is 2. The largest absolute Gasteiger partial charge is 0.493 e. The Kier molecular flexibility index (Phi) is 7.13. The fraction of sp³-hybridized carbons (Fsp3) is 0.250. The van der Waals surface area contributed by atoms with E-state index in [1.807, 2.05) is 19.1 Å². The second-order valence-corrected chi connectivity index (χ2v) is 7.86. The summed E-state index contributed by atoms with van der Waals surface area (Å²) in [6.45, 7) is 6.21. The normalized spacial score (nSPS) is 15.0. The van der Waals surface area contributed by atoms with Crippen molar-refractivity contribution >= 4 is 29.4 Å². The number of carbonyl (C=O) groups excluding carboxylic acids is 1. The van der Waals surface area contributed by atoms with Crippen LogP contribution in [-0.4, -0.2) is 18.7 Å². The molecule has 0 spiro atoms. The maximum atomic E-state index is 13.8. The molecular formula is C24H22ClFN2O3. The van der Waals surface area contributed by atoms with Gasteiger partial charge in [-0.3, -0.25) is 9.79 Å². The molecule has 0 heterocycles. The van der Waals surface area contributed by atoms with Gasteiger partial charge in [-0.15, -0.1) is 4.91 Å². The molecule has 2 aromatic carbocycles. The highest BCUT2D eigenvalue weighted by atomic mass is 35.5. The van der Waals surface area contributed by atoms with Crippen LogP contribution in [0.1, 0.15) is 37.3 Å². The third-order valence-electron chi connectivity index (χ3n) is 5.04. The number of nitrogens with zero attached hydrogens (tertiary/aromatic N) is 2. The molecule has 0 aliphatic heterocycles. The molecule has 0 atom stereocenters. The number of nitroso groups, excluding NO2 is 1. The van der Waals surface area contributed by atoms with E-state index in [0.717, 1.165) is 5.56 Å². The number of allylic oxidation sites excluding steroid dienone is 2. The number of ether oxygens (including phenoxy) is 1. The van der Waals surface area contributed by atoms with Crippen molar-refractivity contribution in [1.29, 1.82) is 0 Å². The zero-order valence-electron chi connectivity index (χ0n) is 17.1. The van der Waals surface area contributed by atoms with Crippen molar-refractivity contribution in [2.75, 3.05) is 6.61 Å². The average molecular weight is 441 g/mol. The SMILES string of the molecule is C=C(/C=C(\N=Cc1ccc(Cl)cc1)c1ccc(F)cc1OCC)CC1(C(=O)N=O)CC1. The number of carbonyl (C=O) groups is 1. The third-order valence-corrected chi connectivity index (χ3v) is 5.29. The molecular weight excluding hydrogens is 419 g/mol. The molecule has 7 heteroatoms. The fourth-order valence-electron chi connectivity index (χ4n) is 3.25. The molecule has 5 nitrogen and oxygen atoms in total. The second-order valence-electron chi connectivity index (χ2n) is 7.42. The molecule has 1 amide bonds. The lowest BCUT2D eigenvalue weighted by molar-refractivity contribution is -0.122. The summed E-state index contributed by atoms with van der Waals surface area (Å²) in [5.74, 6) is -0.724. The summed E-state index contributed by atoms with van der Waals surface area (Å²) in [7, 11) is 0. The topological polar surface area (TPSA) is 68.1 Å². The summed E-state index contributed by atoms with van der Waals surface area (Å²) in [5.41, 5.74) is 1.75. The molecule has 160 valence electrons. The lowest BCUT2D eigenvalue weighted by Gasteiger charge is -2.13. The molecule has 1 saturated carbocycles. The first-order valence-corrected chi connectivity index (χ1v) is 10.2. The number of aliphatic imine (C=N–C) groups is 1. The molecule has 0 aromatic heterocycles. The maximum absolute atomic E-state index is 13.8. The van der Waals surface area contributed by atoms with Crippen LogP contribution in [0, 0.1) is 16.1 Å². The Labute approximate surface area is 185 Å². The summed E-state index contributed by atoms with van der Waals surface area (Å²) in [5, 5.41) is 3.20. The van der Waals surface area contributed by atoms with Gasteiger partial charge in [0.25, 0.3) is 5.91 Å². The van der Waals surface area contributed by atoms with Gasteiger partial charge < -0.3 is 4.74 Å². The molecule has 0 saturated heterocycles. The van der Waals surface area contributed by atoms with Crippen molar-refractivity contribution in [2.45, 2.75) is 26.2 Å². The van der Waals surface area contributed by atoms with Crippen LogP contribution in [0.3, 0.4) is 0 Å². The van der Waals surface area contributed by atoms with Crippen LogP contribution in [0.25, 0.3) is 5.70 Å². The van der Waals surface area contributed by atoms with Crippen molar-refractivity contribution in [2.24, 2.45) is 15.6 Å². The Morgan fingerprint density at radius 3 is 2.58 bits per heavy atom. The molecule has 2 aromatic rings. The molecule has 1 fully saturated rings. The van der Waals surface area contributed by atoms with Crippen molar-refractivity contribution < 1.29 is 13.9 Å². The number of hydrogen-bond acceptors (Lipinski definition) is 4. The minimum atomic E-state index is -0.758. The first kappa shape index (κ1) is 22.6. The third kappa shape index (κ3) is 5.73. The maximum Gasteiger partial charge on any atom is 0.292 e. The Hall–Kier alpha value is -3.12. The van der Waals surface area contributed by atoms with E-state index in [-0.39, 0.29) is 0 Å². The summed E-state index contributed by atoms with van der Waals surface area (Å²) < 4.78 is 19.4. The number of rotatable bonds is 9. The highest BCUT2D eigenvalue weighted by molar-refractivity contribution is 6.30. The van der Waals surface area contributed by atoms with Crippen LogP contribution >= 0.6 is 11.6 Å². The Balaban J connectivity index is 1.97. The van der Waals surface area contributed by atoms with Gasteiger partial charge in [-0.1, -0.05) is 35.9 Å². The van der Waals surface area contributed by atoms with Crippen molar-refractivity contribution in [3.63, 3.8) is 0 Å². The zero-order chi connectivity index (χ0) is 22.4. The first-order valence-electron chi connectivity index (χ1n) is 9.86. The van der Waals surface area contributed by atoms with Crippen molar-refractivity contribution in [1.82, 2.24) is 0 Å². The van der Waals surface area contributed by atoms with E-state index in [0.29, 0.717) is 53.5 Å². The van der Waals surface area contributed by atoms with Crippen LogP contribution in [0.5, 0.6) is 5.75 Å². The van der Waals surface area contributed by atoms with Gasteiger partial charge in [0.2, 0.25) is 0 Å². The van der Waals surface area contributed by atoms with Gasteiger partial charge in [0.1, 0.15) is 11.6 Å². The predicted octanol–water partition coefficient (Wildman–Crippen LogP) is 6.36. The number of amides is 1. The fourth-order valence-corrected chi connectivity index (χ4v) is 3.38. The molecule has 31 heavy (non-hydrogen) atoms. The lowest BCUT2D eigenvalue weighted by atomic mass is 9.95. The second kappa shape index (κ2) is 9.79. The van der Waals surface area contributed by atoms with Crippen LogP contribution in [0.2, 0.25) is 5.02 Å². The standard InChI is InChI=1S/C24H22ClFN2O3/c1-3-31-22-13-19(26)8-9-20(22)21(27-15-17-4-6-18(25)7-5-17)12-16(2)14-24(10-11-24)23(29)28-30/h4-9,12-13,15H,2-3,10-11,14H2,1H3/b21-12-,27-15?. The molecule has 1 aliphatic rings. The van der Waals surface area contributed by atoms with E-state index in [9.17, 15) is 14.1 Å². The highest BCUT2D eigenvalue weighted by Gasteiger charge is 2.50. The number of benzene rings is 2. The van der Waals surface area contributed by atoms with E-state index in [2.05, 4.69) is 16.7 Å². The van der Waals surface area contributed by atoms with E-state index < -0.39 is 17.1 Å². The van der Waals surface area contributed by atoms with Crippen LogP contribution in [0.4, 0.5) is 4.39 Å². The van der Waals surface area contributed by atoms with Crippen LogP contribution in [-0.2, 0) is 4.79 Å². The minimum Gasteiger partial charge on any atom is -0.493 e. The highest BCUT2D eigenvalue weighted by Crippen LogP contribution is 2.51. The smallest absolute Gasteiger partial charge is 0.292 e. The average Bonchev–Trinajstić information content (AvgIpc) is 3.52. The summed E-state index contributed by atoms with van der Waals surface area (Å²) in [6, 6.07) is 11.4. The van der Waals surface area contributed by atoms with E-state index in [1.54, 1.807) is 30.5 Å². The molecule has 0 radical (unpaired) electrons. The van der Waals surface area contributed by atoms with Crippen LogP contribution < -0.4 is 4.74 Å². The van der Waals surface area contributed by atoms with Crippen molar-refractivity contribution in [3.8, 4) is 5.75 Å². The van der Waals surface area contributed by atoms with Crippen molar-refractivity contribution in [3.05, 3.63) is 87.6 Å². The summed E-state index contributed by atoms with van der Waals surface area (Å²) in [4.78, 5) is 27.2. The monoisotopic (exact) mass is 440 g/mol. The molecule has 0 bridgehead atoms. The Morgan fingerprint density at radius 1 is 1.26 bits per heavy atom. The van der Waals surface area contributed by atoms with E-state index in [1.165, 1.54) is 12.1 Å². The molecule has 0 N–H and O–H groups in total. The summed E-state index contributed by atoms with van der Waals surface area (Å²) in [6.07, 6.45) is 4.89. The first-order chi connectivity index (χ1) is 14.9. The predicted molar refractivity (Wildman–Crippen MR) is 121 cm³/mol. The Bertz CT molecular complexity index is 1060. The van der Waals surface area contributed by atoms with Gasteiger partial charge in [0, 0.05) is 28.0 Å². The molecule has 1 aliphatic carbocycles. The molecule has 3 rings (SSSR count). The summed E-state index contributed by atoms with van der Waals surface area (Å²) >= 11 is 5.94.